The second-order valence-corrected chi connectivity index (χ2v) is 3.89. The number of rotatable bonds is 4. The molecule has 1 rings (SSSR count). The van der Waals surface area contributed by atoms with Gasteiger partial charge in [-0.25, -0.2) is 4.79 Å². The van der Waals surface area contributed by atoms with E-state index >= 15 is 0 Å². The lowest BCUT2D eigenvalue weighted by Gasteiger charge is -2.13. The number of nitrogens with zero attached hydrogens (tertiary/aromatic N) is 1. The lowest BCUT2D eigenvalue weighted by Crippen LogP contribution is -2.38. The van der Waals surface area contributed by atoms with Crippen molar-refractivity contribution in [3.8, 4) is 0 Å². The molecule has 1 unspecified atom stereocenters. The van der Waals surface area contributed by atoms with E-state index in [2.05, 4.69) is 10.6 Å². The van der Waals surface area contributed by atoms with Crippen LogP contribution in [-0.4, -0.2) is 28.7 Å². The average molecular weight is 253 g/mol. The quantitative estimate of drug-likeness (QED) is 0.557. The van der Waals surface area contributed by atoms with Crippen molar-refractivity contribution < 1.29 is 14.8 Å². The van der Waals surface area contributed by atoms with Crippen molar-refractivity contribution in [2.24, 2.45) is 0 Å². The van der Waals surface area contributed by atoms with Crippen LogP contribution in [0, 0.1) is 17.0 Å². The fraction of sp³-hybridized carbons (Fsp3) is 0.364. The van der Waals surface area contributed by atoms with E-state index in [9.17, 15) is 14.9 Å². The van der Waals surface area contributed by atoms with Crippen LogP contribution in [0.2, 0.25) is 0 Å². The van der Waals surface area contributed by atoms with Gasteiger partial charge >= 0.3 is 6.03 Å². The molecule has 0 aliphatic carbocycles. The highest BCUT2D eigenvalue weighted by molar-refractivity contribution is 5.90. The summed E-state index contributed by atoms with van der Waals surface area (Å²) >= 11 is 0. The second-order valence-electron chi connectivity index (χ2n) is 3.89. The first-order valence-corrected chi connectivity index (χ1v) is 5.38. The summed E-state index contributed by atoms with van der Waals surface area (Å²) in [6, 6.07) is 3.54. The minimum absolute atomic E-state index is 0.0528. The number of nitro benzene ring substituents is 1. The molecule has 18 heavy (non-hydrogen) atoms. The number of nitro groups is 1. The Balaban J connectivity index is 2.82. The van der Waals surface area contributed by atoms with Crippen molar-refractivity contribution in [3.63, 3.8) is 0 Å². The zero-order valence-corrected chi connectivity index (χ0v) is 10.1. The van der Waals surface area contributed by atoms with Crippen molar-refractivity contribution in [2.45, 2.75) is 19.9 Å². The van der Waals surface area contributed by atoms with Gasteiger partial charge in [-0.3, -0.25) is 10.1 Å². The summed E-state index contributed by atoms with van der Waals surface area (Å²) in [6.45, 7) is 3.02. The molecule has 7 nitrogen and oxygen atoms in total. The van der Waals surface area contributed by atoms with Gasteiger partial charge in [0.15, 0.2) is 0 Å². The molecule has 0 aromatic heterocycles. The zero-order chi connectivity index (χ0) is 13.7. The fourth-order valence-electron chi connectivity index (χ4n) is 1.38. The zero-order valence-electron chi connectivity index (χ0n) is 10.1. The van der Waals surface area contributed by atoms with E-state index in [1.54, 1.807) is 19.9 Å². The Hall–Kier alpha value is -2.15. The smallest absolute Gasteiger partial charge is 0.319 e. The fourth-order valence-corrected chi connectivity index (χ4v) is 1.38. The molecule has 98 valence electrons. The SMILES string of the molecule is Cc1c(NC(=O)NC(C)CO)cccc1[N+](=O)[O-]. The number of hydrogen-bond acceptors (Lipinski definition) is 4. The summed E-state index contributed by atoms with van der Waals surface area (Å²) in [5, 5.41) is 24.5. The van der Waals surface area contributed by atoms with Crippen LogP contribution in [0.1, 0.15) is 12.5 Å². The molecular formula is C11H15N3O4. The minimum atomic E-state index is -0.514. The van der Waals surface area contributed by atoms with Gasteiger partial charge in [-0.2, -0.15) is 0 Å². The summed E-state index contributed by atoms with van der Waals surface area (Å²) in [5.41, 5.74) is 0.698. The van der Waals surface area contributed by atoms with Gasteiger partial charge in [0.05, 0.1) is 28.8 Å². The number of amides is 2. The Morgan fingerprint density at radius 1 is 1.56 bits per heavy atom. The maximum absolute atomic E-state index is 11.5. The van der Waals surface area contributed by atoms with Gasteiger partial charge in [0.25, 0.3) is 5.69 Å². The molecule has 0 saturated heterocycles. The first-order valence-electron chi connectivity index (χ1n) is 5.38. The third-order valence-corrected chi connectivity index (χ3v) is 2.40. The monoisotopic (exact) mass is 253 g/mol. The van der Waals surface area contributed by atoms with Crippen LogP contribution in [0.3, 0.4) is 0 Å². The summed E-state index contributed by atoms with van der Waals surface area (Å²) < 4.78 is 0. The molecule has 0 spiro atoms. The maximum Gasteiger partial charge on any atom is 0.319 e. The van der Waals surface area contributed by atoms with Crippen LogP contribution in [0.15, 0.2) is 18.2 Å². The molecule has 0 fully saturated rings. The molecule has 1 aromatic rings. The maximum atomic E-state index is 11.5. The number of hydrogen-bond donors (Lipinski definition) is 3. The highest BCUT2D eigenvalue weighted by Gasteiger charge is 2.15. The lowest BCUT2D eigenvalue weighted by molar-refractivity contribution is -0.385. The van der Waals surface area contributed by atoms with E-state index in [1.807, 2.05) is 0 Å². The number of anilines is 1. The first-order chi connectivity index (χ1) is 8.45. The first kappa shape index (κ1) is 13.9. The predicted molar refractivity (Wildman–Crippen MR) is 66.5 cm³/mol. The molecule has 3 N–H and O–H groups in total. The normalized spacial score (nSPS) is 11.7. The van der Waals surface area contributed by atoms with Crippen molar-refractivity contribution in [3.05, 3.63) is 33.9 Å². The van der Waals surface area contributed by atoms with Gasteiger partial charge < -0.3 is 15.7 Å². The largest absolute Gasteiger partial charge is 0.394 e. The number of carbonyl (C=O) groups excluding carboxylic acids is 1. The van der Waals surface area contributed by atoms with Gasteiger partial charge in [-0.1, -0.05) is 6.07 Å². The van der Waals surface area contributed by atoms with E-state index in [0.29, 0.717) is 11.3 Å². The van der Waals surface area contributed by atoms with Gasteiger partial charge in [0.2, 0.25) is 0 Å². The van der Waals surface area contributed by atoms with Crippen molar-refractivity contribution in [1.82, 2.24) is 5.32 Å². The molecule has 0 heterocycles. The van der Waals surface area contributed by atoms with Gasteiger partial charge in [-0.15, -0.1) is 0 Å². The van der Waals surface area contributed by atoms with Gasteiger partial charge in [-0.05, 0) is 19.9 Å². The number of aliphatic hydroxyl groups excluding tert-OH is 1. The average Bonchev–Trinajstić information content (AvgIpc) is 2.31. The standard InChI is InChI=1S/C11H15N3O4/c1-7(6-15)12-11(16)13-9-4-3-5-10(8(9)2)14(17)18/h3-5,7,15H,6H2,1-2H3,(H2,12,13,16). The number of benzene rings is 1. The van der Waals surface area contributed by atoms with Crippen LogP contribution < -0.4 is 10.6 Å². The van der Waals surface area contributed by atoms with Crippen LogP contribution in [0.4, 0.5) is 16.2 Å². The molecule has 1 aromatic carbocycles. The minimum Gasteiger partial charge on any atom is -0.394 e. The Kier molecular flexibility index (Phi) is 4.61. The molecule has 7 heteroatoms. The van der Waals surface area contributed by atoms with E-state index < -0.39 is 11.0 Å². The van der Waals surface area contributed by atoms with Crippen LogP contribution >= 0.6 is 0 Å². The third kappa shape index (κ3) is 3.42. The molecule has 2 amide bonds. The van der Waals surface area contributed by atoms with Crippen molar-refractivity contribution in [1.29, 1.82) is 0 Å². The summed E-state index contributed by atoms with van der Waals surface area (Å²) in [4.78, 5) is 21.7. The summed E-state index contributed by atoms with van der Waals surface area (Å²) in [7, 11) is 0. The van der Waals surface area contributed by atoms with Gasteiger partial charge in [0, 0.05) is 6.07 Å². The summed E-state index contributed by atoms with van der Waals surface area (Å²) in [6.07, 6.45) is 0. The predicted octanol–water partition coefficient (Wildman–Crippen LogP) is 1.41. The van der Waals surface area contributed by atoms with E-state index in [1.165, 1.54) is 12.1 Å². The van der Waals surface area contributed by atoms with Crippen molar-refractivity contribution >= 4 is 17.4 Å². The molecule has 1 atom stereocenters. The Labute approximate surface area is 104 Å². The Morgan fingerprint density at radius 2 is 2.22 bits per heavy atom. The van der Waals surface area contributed by atoms with Crippen LogP contribution in [-0.2, 0) is 0 Å². The van der Waals surface area contributed by atoms with Crippen molar-refractivity contribution in [2.75, 3.05) is 11.9 Å². The summed E-state index contributed by atoms with van der Waals surface area (Å²) in [5.74, 6) is 0. The molecular weight excluding hydrogens is 238 g/mol. The van der Waals surface area contributed by atoms with Crippen LogP contribution in [0.25, 0.3) is 0 Å². The van der Waals surface area contributed by atoms with Crippen LogP contribution in [0.5, 0.6) is 0 Å². The third-order valence-electron chi connectivity index (χ3n) is 2.40. The Morgan fingerprint density at radius 3 is 2.78 bits per heavy atom. The molecule has 0 aliphatic rings. The number of carbonyl (C=O) groups is 1. The number of urea groups is 1. The molecule has 0 aliphatic heterocycles. The molecule has 0 radical (unpaired) electrons. The van der Waals surface area contributed by atoms with E-state index in [4.69, 9.17) is 5.11 Å². The molecule has 0 bridgehead atoms. The topological polar surface area (TPSA) is 104 Å². The second kappa shape index (κ2) is 5.97. The van der Waals surface area contributed by atoms with E-state index in [-0.39, 0.29) is 18.3 Å². The highest BCUT2D eigenvalue weighted by Crippen LogP contribution is 2.24. The number of aliphatic hydroxyl groups is 1. The molecule has 0 saturated carbocycles. The number of nitrogens with one attached hydrogen (secondary N) is 2. The van der Waals surface area contributed by atoms with E-state index in [0.717, 1.165) is 0 Å². The van der Waals surface area contributed by atoms with Gasteiger partial charge in [0.1, 0.15) is 0 Å². The highest BCUT2D eigenvalue weighted by atomic mass is 16.6. The Bertz CT molecular complexity index is 462. The lowest BCUT2D eigenvalue weighted by atomic mass is 10.1.